The highest BCUT2D eigenvalue weighted by Crippen LogP contribution is 2.26. The third-order valence-corrected chi connectivity index (χ3v) is 3.41. The second-order valence-electron chi connectivity index (χ2n) is 5.05. The molecule has 1 atom stereocenters. The molecule has 1 aliphatic rings. The van der Waals surface area contributed by atoms with Crippen molar-refractivity contribution in [2.75, 3.05) is 13.1 Å². The summed E-state index contributed by atoms with van der Waals surface area (Å²) in [6, 6.07) is 4.20. The van der Waals surface area contributed by atoms with Crippen LogP contribution in [0.2, 0.25) is 0 Å². The lowest BCUT2D eigenvalue weighted by Gasteiger charge is -2.30. The Morgan fingerprint density at radius 3 is 3.00 bits per heavy atom. The van der Waals surface area contributed by atoms with E-state index < -0.39 is 4.92 Å². The largest absolute Gasteiger partial charge is 0.508 e. The number of nitro benzene ring substituents is 1. The maximum Gasteiger partial charge on any atom is 0.270 e. The summed E-state index contributed by atoms with van der Waals surface area (Å²) < 4.78 is 0. The van der Waals surface area contributed by atoms with Crippen molar-refractivity contribution in [1.82, 2.24) is 4.90 Å². The quantitative estimate of drug-likeness (QED) is 0.661. The molecule has 0 saturated carbocycles. The molecule has 5 heteroatoms. The summed E-state index contributed by atoms with van der Waals surface area (Å²) in [5, 5.41) is 20.5. The minimum absolute atomic E-state index is 0.0351. The number of nitro groups is 1. The fourth-order valence-electron chi connectivity index (χ4n) is 2.48. The summed E-state index contributed by atoms with van der Waals surface area (Å²) in [4.78, 5) is 12.5. The zero-order valence-corrected chi connectivity index (χ0v) is 10.5. The Morgan fingerprint density at radius 2 is 2.33 bits per heavy atom. The number of hydrogen-bond donors (Lipinski definition) is 1. The summed E-state index contributed by atoms with van der Waals surface area (Å²) >= 11 is 0. The minimum atomic E-state index is -0.429. The predicted molar refractivity (Wildman–Crippen MR) is 68.4 cm³/mol. The molecule has 0 spiro atoms. The van der Waals surface area contributed by atoms with Gasteiger partial charge in [0.05, 0.1) is 4.92 Å². The smallest absolute Gasteiger partial charge is 0.270 e. The van der Waals surface area contributed by atoms with E-state index in [4.69, 9.17) is 0 Å². The molecule has 1 aromatic rings. The number of hydrogen-bond acceptors (Lipinski definition) is 4. The minimum Gasteiger partial charge on any atom is -0.508 e. The van der Waals surface area contributed by atoms with Crippen molar-refractivity contribution in [2.24, 2.45) is 5.92 Å². The van der Waals surface area contributed by atoms with Gasteiger partial charge in [-0.1, -0.05) is 6.92 Å². The van der Waals surface area contributed by atoms with Gasteiger partial charge in [-0.25, -0.2) is 0 Å². The average molecular weight is 250 g/mol. The van der Waals surface area contributed by atoms with E-state index in [2.05, 4.69) is 11.8 Å². The standard InChI is InChI=1S/C13H18N2O3/c1-10-3-2-6-14(8-10)9-11-7-12(15(17)18)4-5-13(11)16/h4-5,7,10,16H,2-3,6,8-9H2,1H3. The number of piperidine rings is 1. The summed E-state index contributed by atoms with van der Waals surface area (Å²) in [6.07, 6.45) is 2.38. The van der Waals surface area contributed by atoms with Gasteiger partial charge >= 0.3 is 0 Å². The molecule has 0 aromatic heterocycles. The summed E-state index contributed by atoms with van der Waals surface area (Å²) in [7, 11) is 0. The van der Waals surface area contributed by atoms with E-state index in [1.54, 1.807) is 0 Å². The van der Waals surface area contributed by atoms with Gasteiger partial charge in [-0.05, 0) is 31.4 Å². The number of benzene rings is 1. The molecule has 1 aromatic carbocycles. The topological polar surface area (TPSA) is 66.6 Å². The molecule has 1 aliphatic heterocycles. The highest BCUT2D eigenvalue weighted by molar-refractivity contribution is 5.42. The van der Waals surface area contributed by atoms with E-state index in [0.29, 0.717) is 18.0 Å². The molecule has 18 heavy (non-hydrogen) atoms. The highest BCUT2D eigenvalue weighted by Gasteiger charge is 2.18. The highest BCUT2D eigenvalue weighted by atomic mass is 16.6. The average Bonchev–Trinajstić information content (AvgIpc) is 2.31. The summed E-state index contributed by atoms with van der Waals surface area (Å²) in [5.74, 6) is 0.790. The Morgan fingerprint density at radius 1 is 1.56 bits per heavy atom. The third kappa shape index (κ3) is 2.98. The fourth-order valence-corrected chi connectivity index (χ4v) is 2.48. The lowest BCUT2D eigenvalue weighted by molar-refractivity contribution is -0.385. The van der Waals surface area contributed by atoms with Gasteiger partial charge in [0.2, 0.25) is 0 Å². The molecule has 98 valence electrons. The van der Waals surface area contributed by atoms with Crippen LogP contribution < -0.4 is 0 Å². The van der Waals surface area contributed by atoms with Gasteiger partial charge in [0.1, 0.15) is 5.75 Å². The van der Waals surface area contributed by atoms with Crippen LogP contribution in [-0.4, -0.2) is 28.0 Å². The van der Waals surface area contributed by atoms with Gasteiger partial charge in [0.25, 0.3) is 5.69 Å². The van der Waals surface area contributed by atoms with Gasteiger partial charge < -0.3 is 5.11 Å². The molecule has 1 N–H and O–H groups in total. The zero-order chi connectivity index (χ0) is 13.1. The number of phenols is 1. The third-order valence-electron chi connectivity index (χ3n) is 3.41. The monoisotopic (exact) mass is 250 g/mol. The molecule has 0 aliphatic carbocycles. The van der Waals surface area contributed by atoms with E-state index in [1.807, 2.05) is 0 Å². The molecule has 1 unspecified atom stereocenters. The number of aromatic hydroxyl groups is 1. The molecule has 1 fully saturated rings. The maximum atomic E-state index is 10.7. The van der Waals surface area contributed by atoms with Crippen molar-refractivity contribution >= 4 is 5.69 Å². The van der Waals surface area contributed by atoms with Crippen LogP contribution in [0.3, 0.4) is 0 Å². The van der Waals surface area contributed by atoms with E-state index in [9.17, 15) is 15.2 Å². The maximum absolute atomic E-state index is 10.7. The van der Waals surface area contributed by atoms with E-state index >= 15 is 0 Å². The predicted octanol–water partition coefficient (Wildman–Crippen LogP) is 2.53. The second kappa shape index (κ2) is 5.35. The number of non-ortho nitro benzene ring substituents is 1. The summed E-state index contributed by atoms with van der Waals surface area (Å²) in [6.45, 7) is 4.77. The Labute approximate surface area is 106 Å². The number of rotatable bonds is 3. The van der Waals surface area contributed by atoms with Crippen LogP contribution in [0.25, 0.3) is 0 Å². The van der Waals surface area contributed by atoms with Crippen molar-refractivity contribution in [3.8, 4) is 5.75 Å². The first-order valence-electron chi connectivity index (χ1n) is 6.25. The first-order valence-corrected chi connectivity index (χ1v) is 6.25. The Hall–Kier alpha value is -1.62. The van der Waals surface area contributed by atoms with Crippen LogP contribution in [0, 0.1) is 16.0 Å². The molecule has 2 rings (SSSR count). The molecule has 5 nitrogen and oxygen atoms in total. The molecule has 0 amide bonds. The first-order chi connectivity index (χ1) is 8.56. The van der Waals surface area contributed by atoms with Crippen LogP contribution in [-0.2, 0) is 6.54 Å². The van der Waals surface area contributed by atoms with Crippen molar-refractivity contribution in [1.29, 1.82) is 0 Å². The second-order valence-corrected chi connectivity index (χ2v) is 5.05. The Balaban J connectivity index is 2.12. The fraction of sp³-hybridized carbons (Fsp3) is 0.538. The van der Waals surface area contributed by atoms with Gasteiger partial charge in [-0.2, -0.15) is 0 Å². The number of nitrogens with zero attached hydrogens (tertiary/aromatic N) is 2. The molecule has 0 radical (unpaired) electrons. The van der Waals surface area contributed by atoms with Gasteiger partial charge in [0.15, 0.2) is 0 Å². The van der Waals surface area contributed by atoms with Crippen LogP contribution in [0.4, 0.5) is 5.69 Å². The summed E-state index contributed by atoms with van der Waals surface area (Å²) in [5.41, 5.74) is 0.672. The normalized spacial score (nSPS) is 20.8. The lowest BCUT2D eigenvalue weighted by Crippen LogP contribution is -2.33. The van der Waals surface area contributed by atoms with Crippen LogP contribution >= 0.6 is 0 Å². The molecular weight excluding hydrogens is 232 g/mol. The molecule has 0 bridgehead atoms. The van der Waals surface area contributed by atoms with Crippen molar-refractivity contribution in [3.63, 3.8) is 0 Å². The number of likely N-dealkylation sites (tertiary alicyclic amines) is 1. The van der Waals surface area contributed by atoms with Gasteiger partial charge in [-0.15, -0.1) is 0 Å². The number of phenolic OH excluding ortho intramolecular Hbond substituents is 1. The van der Waals surface area contributed by atoms with Crippen molar-refractivity contribution in [2.45, 2.75) is 26.3 Å². The van der Waals surface area contributed by atoms with Gasteiger partial charge in [-0.3, -0.25) is 15.0 Å². The van der Waals surface area contributed by atoms with E-state index in [0.717, 1.165) is 19.5 Å². The van der Waals surface area contributed by atoms with Crippen LogP contribution in [0.15, 0.2) is 18.2 Å². The van der Waals surface area contributed by atoms with Crippen LogP contribution in [0.1, 0.15) is 25.3 Å². The lowest BCUT2D eigenvalue weighted by atomic mass is 9.99. The zero-order valence-electron chi connectivity index (χ0n) is 10.5. The van der Waals surface area contributed by atoms with Gasteiger partial charge in [0, 0.05) is 30.8 Å². The Bertz CT molecular complexity index is 448. The van der Waals surface area contributed by atoms with Crippen molar-refractivity contribution in [3.05, 3.63) is 33.9 Å². The molecule has 1 saturated heterocycles. The molecular formula is C13H18N2O3. The van der Waals surface area contributed by atoms with E-state index in [-0.39, 0.29) is 11.4 Å². The Kier molecular flexibility index (Phi) is 3.81. The van der Waals surface area contributed by atoms with E-state index in [1.165, 1.54) is 24.6 Å². The van der Waals surface area contributed by atoms with Crippen LogP contribution in [0.5, 0.6) is 5.75 Å². The SMILES string of the molecule is CC1CCCN(Cc2cc([N+](=O)[O-])ccc2O)C1. The molecule has 1 heterocycles. The van der Waals surface area contributed by atoms with Crippen molar-refractivity contribution < 1.29 is 10.0 Å². The first kappa shape index (κ1) is 12.8.